The monoisotopic (exact) mass is 160 g/mol. The van der Waals surface area contributed by atoms with Gasteiger partial charge in [0.25, 0.3) is 0 Å². The Morgan fingerprint density at radius 3 is 3.09 bits per heavy atom. The lowest BCUT2D eigenvalue weighted by molar-refractivity contribution is -0.141. The molecular formula is C7H12O4. The lowest BCUT2D eigenvalue weighted by Gasteiger charge is -2.05. The number of rotatable bonds is 3. The third kappa shape index (κ3) is 3.34. The molecule has 0 bridgehead atoms. The van der Waals surface area contributed by atoms with Crippen LogP contribution in [0.2, 0.25) is 0 Å². The van der Waals surface area contributed by atoms with Crippen molar-refractivity contribution in [1.29, 1.82) is 0 Å². The maximum absolute atomic E-state index is 10.3. The quantitative estimate of drug-likeness (QED) is 0.557. The topological polar surface area (TPSA) is 44.8 Å². The molecule has 0 aromatic heterocycles. The van der Waals surface area contributed by atoms with E-state index in [9.17, 15) is 4.79 Å². The fourth-order valence-electron chi connectivity index (χ4n) is 0.873. The molecule has 1 atom stereocenters. The first-order chi connectivity index (χ1) is 5.29. The van der Waals surface area contributed by atoms with E-state index in [1.165, 1.54) is 6.92 Å². The Morgan fingerprint density at radius 2 is 2.55 bits per heavy atom. The van der Waals surface area contributed by atoms with Crippen LogP contribution in [0.5, 0.6) is 0 Å². The number of hydrogen-bond donors (Lipinski definition) is 0. The van der Waals surface area contributed by atoms with E-state index < -0.39 is 0 Å². The largest absolute Gasteiger partial charge is 0.466 e. The molecule has 0 aromatic rings. The van der Waals surface area contributed by atoms with Gasteiger partial charge in [-0.3, -0.25) is 4.79 Å². The maximum Gasteiger partial charge on any atom is 0.302 e. The summed E-state index contributed by atoms with van der Waals surface area (Å²) in [5.74, 6) is -0.246. The van der Waals surface area contributed by atoms with Gasteiger partial charge in [0, 0.05) is 13.3 Å². The molecule has 1 rings (SSSR count). The summed E-state index contributed by atoms with van der Waals surface area (Å²) < 4.78 is 14.8. The average molecular weight is 160 g/mol. The third-order valence-corrected chi connectivity index (χ3v) is 1.44. The number of carbonyl (C=O) groups is 1. The van der Waals surface area contributed by atoms with E-state index in [1.54, 1.807) is 0 Å². The zero-order chi connectivity index (χ0) is 8.10. The first-order valence-electron chi connectivity index (χ1n) is 3.62. The molecular weight excluding hydrogens is 148 g/mol. The van der Waals surface area contributed by atoms with Crippen LogP contribution in [0.1, 0.15) is 13.3 Å². The summed E-state index contributed by atoms with van der Waals surface area (Å²) in [5.41, 5.74) is 0. The average Bonchev–Trinajstić information content (AvgIpc) is 2.39. The predicted octanol–water partition coefficient (Wildman–Crippen LogP) is 0.312. The summed E-state index contributed by atoms with van der Waals surface area (Å²) in [4.78, 5) is 10.3. The van der Waals surface area contributed by atoms with Crippen molar-refractivity contribution in [3.05, 3.63) is 0 Å². The molecule has 0 aromatic carbocycles. The summed E-state index contributed by atoms with van der Waals surface area (Å²) >= 11 is 0. The van der Waals surface area contributed by atoms with Crippen LogP contribution in [0.4, 0.5) is 0 Å². The lowest BCUT2D eigenvalue weighted by atomic mass is 10.3. The number of ether oxygens (including phenoxy) is 3. The van der Waals surface area contributed by atoms with E-state index in [2.05, 4.69) is 0 Å². The number of hydrogen-bond acceptors (Lipinski definition) is 4. The fraction of sp³-hybridized carbons (Fsp3) is 0.857. The molecule has 4 heteroatoms. The van der Waals surface area contributed by atoms with Crippen molar-refractivity contribution in [1.82, 2.24) is 0 Å². The Balaban J connectivity index is 1.98. The van der Waals surface area contributed by atoms with E-state index >= 15 is 0 Å². The van der Waals surface area contributed by atoms with E-state index in [0.717, 1.165) is 6.42 Å². The SMILES string of the molecule is CC(=O)OCC[C@@H]1COCO1. The molecule has 1 aliphatic rings. The first kappa shape index (κ1) is 8.49. The molecule has 11 heavy (non-hydrogen) atoms. The van der Waals surface area contributed by atoms with Crippen molar-refractivity contribution >= 4 is 5.97 Å². The molecule has 4 nitrogen and oxygen atoms in total. The highest BCUT2D eigenvalue weighted by Gasteiger charge is 2.15. The highest BCUT2D eigenvalue weighted by atomic mass is 16.7. The molecule has 64 valence electrons. The fourth-order valence-corrected chi connectivity index (χ4v) is 0.873. The van der Waals surface area contributed by atoms with Crippen molar-refractivity contribution < 1.29 is 19.0 Å². The van der Waals surface area contributed by atoms with Crippen LogP contribution in [0.25, 0.3) is 0 Å². The van der Waals surface area contributed by atoms with Gasteiger partial charge in [-0.15, -0.1) is 0 Å². The van der Waals surface area contributed by atoms with Crippen molar-refractivity contribution in [2.45, 2.75) is 19.4 Å². The van der Waals surface area contributed by atoms with Crippen LogP contribution >= 0.6 is 0 Å². The van der Waals surface area contributed by atoms with Crippen LogP contribution in [0.15, 0.2) is 0 Å². The minimum atomic E-state index is -0.246. The van der Waals surface area contributed by atoms with Crippen molar-refractivity contribution in [2.24, 2.45) is 0 Å². The summed E-state index contributed by atoms with van der Waals surface area (Å²) in [6.07, 6.45) is 0.828. The van der Waals surface area contributed by atoms with Gasteiger partial charge in [-0.2, -0.15) is 0 Å². The molecule has 1 fully saturated rings. The van der Waals surface area contributed by atoms with Crippen molar-refractivity contribution in [2.75, 3.05) is 20.0 Å². The third-order valence-electron chi connectivity index (χ3n) is 1.44. The van der Waals surface area contributed by atoms with Gasteiger partial charge in [-0.05, 0) is 0 Å². The predicted molar refractivity (Wildman–Crippen MR) is 36.9 cm³/mol. The molecule has 0 saturated carbocycles. The summed E-state index contributed by atoms with van der Waals surface area (Å²) in [6, 6.07) is 0. The Labute approximate surface area is 65.4 Å². The van der Waals surface area contributed by atoms with Crippen LogP contribution in [0.3, 0.4) is 0 Å². The van der Waals surface area contributed by atoms with E-state index in [4.69, 9.17) is 14.2 Å². The first-order valence-corrected chi connectivity index (χ1v) is 3.62. The molecule has 0 aliphatic carbocycles. The normalized spacial score (nSPS) is 23.5. The Hall–Kier alpha value is -0.610. The van der Waals surface area contributed by atoms with Gasteiger partial charge in [-0.1, -0.05) is 0 Å². The maximum atomic E-state index is 10.3. The van der Waals surface area contributed by atoms with Gasteiger partial charge in [0.05, 0.1) is 19.3 Å². The van der Waals surface area contributed by atoms with Gasteiger partial charge < -0.3 is 14.2 Å². The molecule has 0 unspecified atom stereocenters. The summed E-state index contributed by atoms with van der Waals surface area (Å²) in [5, 5.41) is 0. The summed E-state index contributed by atoms with van der Waals surface area (Å²) in [6.45, 7) is 2.79. The Morgan fingerprint density at radius 1 is 1.73 bits per heavy atom. The van der Waals surface area contributed by atoms with Gasteiger partial charge in [0.15, 0.2) is 0 Å². The molecule has 1 heterocycles. The van der Waals surface area contributed by atoms with Gasteiger partial charge >= 0.3 is 5.97 Å². The molecule has 1 aliphatic heterocycles. The van der Waals surface area contributed by atoms with E-state index in [0.29, 0.717) is 20.0 Å². The second-order valence-electron chi connectivity index (χ2n) is 2.41. The zero-order valence-corrected chi connectivity index (χ0v) is 6.54. The highest BCUT2D eigenvalue weighted by molar-refractivity contribution is 5.65. The van der Waals surface area contributed by atoms with E-state index in [-0.39, 0.29) is 12.1 Å². The summed E-state index contributed by atoms with van der Waals surface area (Å²) in [7, 11) is 0. The van der Waals surface area contributed by atoms with Gasteiger partial charge in [0.1, 0.15) is 6.79 Å². The minimum absolute atomic E-state index is 0.106. The molecule has 1 saturated heterocycles. The standard InChI is InChI=1S/C7H12O4/c1-6(8)10-3-2-7-4-9-5-11-7/h7H,2-5H2,1H3/t7-/m1/s1. The second-order valence-corrected chi connectivity index (χ2v) is 2.41. The van der Waals surface area contributed by atoms with Crippen LogP contribution in [-0.2, 0) is 19.0 Å². The van der Waals surface area contributed by atoms with Gasteiger partial charge in [-0.25, -0.2) is 0 Å². The Kier molecular flexibility index (Phi) is 3.32. The molecule has 0 spiro atoms. The smallest absolute Gasteiger partial charge is 0.302 e. The number of esters is 1. The lowest BCUT2D eigenvalue weighted by Crippen LogP contribution is -2.13. The number of carbonyl (C=O) groups excluding carboxylic acids is 1. The van der Waals surface area contributed by atoms with Crippen molar-refractivity contribution in [3.8, 4) is 0 Å². The highest BCUT2D eigenvalue weighted by Crippen LogP contribution is 2.06. The van der Waals surface area contributed by atoms with Crippen LogP contribution < -0.4 is 0 Å². The molecule has 0 N–H and O–H groups in total. The molecule has 0 amide bonds. The zero-order valence-electron chi connectivity index (χ0n) is 6.54. The Bertz CT molecular complexity index is 128. The second kappa shape index (κ2) is 4.31. The minimum Gasteiger partial charge on any atom is -0.466 e. The van der Waals surface area contributed by atoms with Crippen LogP contribution in [0, 0.1) is 0 Å². The molecule has 0 radical (unpaired) electrons. The van der Waals surface area contributed by atoms with Crippen LogP contribution in [-0.4, -0.2) is 32.1 Å². The van der Waals surface area contributed by atoms with Crippen molar-refractivity contribution in [3.63, 3.8) is 0 Å². The van der Waals surface area contributed by atoms with E-state index in [1.807, 2.05) is 0 Å². The van der Waals surface area contributed by atoms with Gasteiger partial charge in [0.2, 0.25) is 0 Å².